The van der Waals surface area contributed by atoms with Crippen LogP contribution in [0.3, 0.4) is 0 Å². The summed E-state index contributed by atoms with van der Waals surface area (Å²) in [6.07, 6.45) is 0.300. The summed E-state index contributed by atoms with van der Waals surface area (Å²) in [6.45, 7) is 2.44. The van der Waals surface area contributed by atoms with Crippen LogP contribution in [0.2, 0.25) is 0 Å². The van der Waals surface area contributed by atoms with Gasteiger partial charge in [0.25, 0.3) is 0 Å². The van der Waals surface area contributed by atoms with E-state index < -0.39 is 0 Å². The molecule has 0 bridgehead atoms. The average Bonchev–Trinajstić information content (AvgIpc) is 2.71. The summed E-state index contributed by atoms with van der Waals surface area (Å²) >= 11 is 0. The molecule has 1 aromatic rings. The number of carbonyl (C=O) groups is 2. The number of amides is 2. The maximum absolute atomic E-state index is 11.9. The summed E-state index contributed by atoms with van der Waals surface area (Å²) in [7, 11) is 1.60. The molecule has 0 spiro atoms. The third kappa shape index (κ3) is 2.16. The Balaban J connectivity index is 2.22. The second kappa shape index (κ2) is 4.57. The van der Waals surface area contributed by atoms with Crippen molar-refractivity contribution in [2.45, 2.75) is 13.3 Å². The van der Waals surface area contributed by atoms with Gasteiger partial charge in [-0.25, -0.2) is 0 Å². The molecule has 1 aromatic carbocycles. The summed E-state index contributed by atoms with van der Waals surface area (Å²) in [4.78, 5) is 25.1. The molecule has 0 aliphatic carbocycles. The van der Waals surface area contributed by atoms with Crippen LogP contribution in [0.25, 0.3) is 0 Å². The van der Waals surface area contributed by atoms with Crippen molar-refractivity contribution in [3.8, 4) is 0 Å². The van der Waals surface area contributed by atoms with Crippen LogP contribution in [0.15, 0.2) is 24.3 Å². The Labute approximate surface area is 101 Å². The van der Waals surface area contributed by atoms with E-state index in [4.69, 9.17) is 0 Å². The zero-order valence-corrected chi connectivity index (χ0v) is 10.1. The van der Waals surface area contributed by atoms with E-state index >= 15 is 0 Å². The predicted octanol–water partition coefficient (Wildman–Crippen LogP) is 1.09. The minimum Gasteiger partial charge on any atom is -0.359 e. The Hall–Kier alpha value is -1.84. The van der Waals surface area contributed by atoms with E-state index in [1.807, 2.05) is 31.2 Å². The highest BCUT2D eigenvalue weighted by Gasteiger charge is 2.34. The van der Waals surface area contributed by atoms with Crippen molar-refractivity contribution < 1.29 is 9.59 Å². The van der Waals surface area contributed by atoms with Crippen molar-refractivity contribution in [3.63, 3.8) is 0 Å². The number of nitrogens with zero attached hydrogens (tertiary/aromatic N) is 1. The van der Waals surface area contributed by atoms with Crippen LogP contribution in [0, 0.1) is 12.8 Å². The van der Waals surface area contributed by atoms with Crippen molar-refractivity contribution in [1.29, 1.82) is 0 Å². The van der Waals surface area contributed by atoms with E-state index in [1.54, 1.807) is 11.9 Å². The van der Waals surface area contributed by atoms with E-state index in [0.29, 0.717) is 13.0 Å². The van der Waals surface area contributed by atoms with Crippen molar-refractivity contribution in [1.82, 2.24) is 5.32 Å². The lowest BCUT2D eigenvalue weighted by Gasteiger charge is -2.18. The van der Waals surface area contributed by atoms with E-state index in [0.717, 1.165) is 11.3 Å². The number of benzene rings is 1. The Morgan fingerprint density at radius 3 is 2.76 bits per heavy atom. The Bertz CT molecular complexity index is 456. The molecule has 0 radical (unpaired) electrons. The topological polar surface area (TPSA) is 49.4 Å². The lowest BCUT2D eigenvalue weighted by molar-refractivity contribution is -0.125. The van der Waals surface area contributed by atoms with Gasteiger partial charge in [-0.15, -0.1) is 0 Å². The van der Waals surface area contributed by atoms with Gasteiger partial charge in [-0.1, -0.05) is 18.2 Å². The molecule has 1 aliphatic heterocycles. The zero-order valence-electron chi connectivity index (χ0n) is 10.1. The minimum atomic E-state index is -0.230. The van der Waals surface area contributed by atoms with Gasteiger partial charge in [-0.05, 0) is 18.6 Å². The van der Waals surface area contributed by atoms with Gasteiger partial charge in [0.05, 0.1) is 5.92 Å². The van der Waals surface area contributed by atoms with Crippen molar-refractivity contribution in [2.75, 3.05) is 18.5 Å². The normalized spacial score (nSPS) is 19.5. The molecule has 1 unspecified atom stereocenters. The second-order valence-corrected chi connectivity index (χ2v) is 4.31. The van der Waals surface area contributed by atoms with Crippen LogP contribution in [0.5, 0.6) is 0 Å². The maximum Gasteiger partial charge on any atom is 0.227 e. The van der Waals surface area contributed by atoms with Gasteiger partial charge in [0.1, 0.15) is 0 Å². The molecular weight excluding hydrogens is 216 g/mol. The molecule has 1 aliphatic rings. The van der Waals surface area contributed by atoms with E-state index in [1.165, 1.54) is 0 Å². The lowest BCUT2D eigenvalue weighted by Crippen LogP contribution is -2.30. The first-order valence-electron chi connectivity index (χ1n) is 5.71. The largest absolute Gasteiger partial charge is 0.359 e. The fourth-order valence-corrected chi connectivity index (χ4v) is 2.19. The molecule has 4 nitrogen and oxygen atoms in total. The standard InChI is InChI=1S/C13H16N2O2/c1-9-5-3-4-6-11(9)15-8-10(7-12(15)16)13(17)14-2/h3-6,10H,7-8H2,1-2H3,(H,14,17). The van der Waals surface area contributed by atoms with E-state index in [-0.39, 0.29) is 17.7 Å². The highest BCUT2D eigenvalue weighted by Crippen LogP contribution is 2.27. The minimum absolute atomic E-state index is 0.0212. The average molecular weight is 232 g/mol. The zero-order chi connectivity index (χ0) is 12.4. The molecule has 1 heterocycles. The molecule has 17 heavy (non-hydrogen) atoms. The fourth-order valence-electron chi connectivity index (χ4n) is 2.19. The van der Waals surface area contributed by atoms with Gasteiger partial charge in [-0.3, -0.25) is 9.59 Å². The molecule has 2 rings (SSSR count). The number of rotatable bonds is 2. The molecule has 1 atom stereocenters. The molecule has 1 fully saturated rings. The first-order valence-corrected chi connectivity index (χ1v) is 5.71. The van der Waals surface area contributed by atoms with Crippen molar-refractivity contribution in [3.05, 3.63) is 29.8 Å². The number of hydrogen-bond acceptors (Lipinski definition) is 2. The van der Waals surface area contributed by atoms with Gasteiger partial charge < -0.3 is 10.2 Å². The summed E-state index contributed by atoms with van der Waals surface area (Å²) in [5.74, 6) is -0.269. The van der Waals surface area contributed by atoms with Crippen molar-refractivity contribution in [2.24, 2.45) is 5.92 Å². The van der Waals surface area contributed by atoms with Crippen LogP contribution >= 0.6 is 0 Å². The Morgan fingerprint density at radius 2 is 2.12 bits per heavy atom. The summed E-state index contributed by atoms with van der Waals surface area (Å²) in [5, 5.41) is 2.60. The highest BCUT2D eigenvalue weighted by molar-refractivity contribution is 6.00. The summed E-state index contributed by atoms with van der Waals surface area (Å²) < 4.78 is 0. The Kier molecular flexibility index (Phi) is 3.13. The monoisotopic (exact) mass is 232 g/mol. The highest BCUT2D eigenvalue weighted by atomic mass is 16.2. The van der Waals surface area contributed by atoms with Crippen LogP contribution in [-0.4, -0.2) is 25.4 Å². The van der Waals surface area contributed by atoms with Gasteiger partial charge in [0, 0.05) is 25.7 Å². The number of anilines is 1. The van der Waals surface area contributed by atoms with E-state index in [2.05, 4.69) is 5.32 Å². The Morgan fingerprint density at radius 1 is 1.41 bits per heavy atom. The van der Waals surface area contributed by atoms with Gasteiger partial charge in [-0.2, -0.15) is 0 Å². The number of para-hydroxylation sites is 1. The fraction of sp³-hybridized carbons (Fsp3) is 0.385. The van der Waals surface area contributed by atoms with Gasteiger partial charge in [0.2, 0.25) is 11.8 Å². The number of aryl methyl sites for hydroxylation is 1. The first-order chi connectivity index (χ1) is 8.13. The molecule has 4 heteroatoms. The predicted molar refractivity (Wildman–Crippen MR) is 65.7 cm³/mol. The molecule has 1 N–H and O–H groups in total. The summed E-state index contributed by atoms with van der Waals surface area (Å²) in [6, 6.07) is 7.73. The van der Waals surface area contributed by atoms with Crippen LogP contribution in [-0.2, 0) is 9.59 Å². The second-order valence-electron chi connectivity index (χ2n) is 4.31. The van der Waals surface area contributed by atoms with Crippen LogP contribution in [0.1, 0.15) is 12.0 Å². The molecule has 1 saturated heterocycles. The summed E-state index contributed by atoms with van der Waals surface area (Å²) in [5.41, 5.74) is 1.96. The molecule has 0 saturated carbocycles. The first kappa shape index (κ1) is 11.6. The van der Waals surface area contributed by atoms with Crippen LogP contribution in [0.4, 0.5) is 5.69 Å². The van der Waals surface area contributed by atoms with Crippen molar-refractivity contribution >= 4 is 17.5 Å². The number of nitrogens with one attached hydrogen (secondary N) is 1. The molecule has 90 valence electrons. The van der Waals surface area contributed by atoms with Gasteiger partial charge >= 0.3 is 0 Å². The quantitative estimate of drug-likeness (QED) is 0.830. The van der Waals surface area contributed by atoms with Crippen LogP contribution < -0.4 is 10.2 Å². The third-order valence-electron chi connectivity index (χ3n) is 3.15. The molecule has 0 aromatic heterocycles. The lowest BCUT2D eigenvalue weighted by atomic mass is 10.1. The van der Waals surface area contributed by atoms with E-state index in [9.17, 15) is 9.59 Å². The number of hydrogen-bond donors (Lipinski definition) is 1. The van der Waals surface area contributed by atoms with Gasteiger partial charge in [0.15, 0.2) is 0 Å². The third-order valence-corrected chi connectivity index (χ3v) is 3.15. The number of carbonyl (C=O) groups excluding carboxylic acids is 2. The molecular formula is C13H16N2O2. The SMILES string of the molecule is CNC(=O)C1CC(=O)N(c2ccccc2C)C1. The smallest absolute Gasteiger partial charge is 0.227 e. The maximum atomic E-state index is 11.9. The molecule has 2 amide bonds.